The molecule has 36 heavy (non-hydrogen) atoms. The summed E-state index contributed by atoms with van der Waals surface area (Å²) in [4.78, 5) is 28.0. The number of ketones is 1. The number of aliphatic hydroxyl groups is 1. The van der Waals surface area contributed by atoms with E-state index in [1.807, 2.05) is 32.9 Å². The fourth-order valence-corrected chi connectivity index (χ4v) is 4.44. The highest BCUT2D eigenvalue weighted by atomic mass is 19.1. The summed E-state index contributed by atoms with van der Waals surface area (Å²) in [6.45, 7) is 6.00. The van der Waals surface area contributed by atoms with E-state index in [0.717, 1.165) is 11.1 Å². The summed E-state index contributed by atoms with van der Waals surface area (Å²) < 4.78 is 24.6. The van der Waals surface area contributed by atoms with Crippen LogP contribution in [0.15, 0.2) is 66.2 Å². The van der Waals surface area contributed by atoms with Crippen molar-refractivity contribution in [2.24, 2.45) is 0 Å². The van der Waals surface area contributed by atoms with Crippen LogP contribution >= 0.6 is 0 Å². The molecule has 0 aromatic heterocycles. The topological polar surface area (TPSA) is 76.1 Å². The smallest absolute Gasteiger partial charge is 0.295 e. The molecule has 1 aliphatic heterocycles. The van der Waals surface area contributed by atoms with Gasteiger partial charge in [-0.15, -0.1) is 0 Å². The van der Waals surface area contributed by atoms with Gasteiger partial charge in [0.15, 0.2) is 11.5 Å². The quantitative estimate of drug-likeness (QED) is 0.271. The SMILES string of the molecule is CCOc1cc(C2/C(=C(\O)c3cc(C)ccc3C)C(=O)C(=O)N2Cc2ccc(F)cc2)ccc1OC. The molecule has 1 saturated heterocycles. The summed E-state index contributed by atoms with van der Waals surface area (Å²) >= 11 is 0. The van der Waals surface area contributed by atoms with E-state index in [1.165, 1.54) is 24.1 Å². The minimum absolute atomic E-state index is 0.0107. The first-order chi connectivity index (χ1) is 17.2. The van der Waals surface area contributed by atoms with Crippen molar-refractivity contribution in [1.82, 2.24) is 4.90 Å². The van der Waals surface area contributed by atoms with Gasteiger partial charge in [0, 0.05) is 12.1 Å². The minimum atomic E-state index is -0.889. The number of amides is 1. The second kappa shape index (κ2) is 10.2. The van der Waals surface area contributed by atoms with Crippen molar-refractivity contribution in [2.45, 2.75) is 33.4 Å². The van der Waals surface area contributed by atoms with Crippen LogP contribution in [0.25, 0.3) is 5.76 Å². The van der Waals surface area contributed by atoms with Gasteiger partial charge in [-0.1, -0.05) is 35.9 Å². The number of aryl methyl sites for hydroxylation is 2. The maximum Gasteiger partial charge on any atom is 0.295 e. The number of methoxy groups -OCH3 is 1. The molecule has 4 rings (SSSR count). The lowest BCUT2D eigenvalue weighted by Gasteiger charge is -2.26. The van der Waals surface area contributed by atoms with Gasteiger partial charge >= 0.3 is 0 Å². The summed E-state index contributed by atoms with van der Waals surface area (Å²) in [5, 5.41) is 11.4. The molecule has 1 unspecified atom stereocenters. The largest absolute Gasteiger partial charge is 0.507 e. The fraction of sp³-hybridized carbons (Fsp3) is 0.241. The molecule has 1 fully saturated rings. The number of rotatable bonds is 7. The average molecular weight is 490 g/mol. The number of carbonyl (C=O) groups excluding carboxylic acids is 2. The van der Waals surface area contributed by atoms with Crippen molar-refractivity contribution in [3.63, 3.8) is 0 Å². The van der Waals surface area contributed by atoms with Crippen LogP contribution in [-0.4, -0.2) is 35.4 Å². The fourth-order valence-electron chi connectivity index (χ4n) is 4.44. The van der Waals surface area contributed by atoms with E-state index in [4.69, 9.17) is 9.47 Å². The first-order valence-electron chi connectivity index (χ1n) is 11.7. The Labute approximate surface area is 209 Å². The van der Waals surface area contributed by atoms with Crippen LogP contribution < -0.4 is 9.47 Å². The number of Topliss-reactive ketones (excluding diaryl/α,β-unsaturated/α-hetero) is 1. The Morgan fingerprint density at radius 2 is 1.72 bits per heavy atom. The number of benzene rings is 3. The van der Waals surface area contributed by atoms with Gasteiger partial charge in [-0.25, -0.2) is 4.39 Å². The van der Waals surface area contributed by atoms with Gasteiger partial charge in [0.05, 0.1) is 25.3 Å². The molecule has 1 N–H and O–H groups in total. The van der Waals surface area contributed by atoms with Crippen molar-refractivity contribution in [3.8, 4) is 11.5 Å². The van der Waals surface area contributed by atoms with Crippen molar-refractivity contribution in [1.29, 1.82) is 0 Å². The third kappa shape index (κ3) is 4.69. The van der Waals surface area contributed by atoms with E-state index in [1.54, 1.807) is 36.4 Å². The van der Waals surface area contributed by atoms with Crippen molar-refractivity contribution in [3.05, 3.63) is 99.9 Å². The van der Waals surface area contributed by atoms with E-state index in [2.05, 4.69) is 0 Å². The van der Waals surface area contributed by atoms with E-state index in [-0.39, 0.29) is 17.9 Å². The maximum absolute atomic E-state index is 13.5. The summed E-state index contributed by atoms with van der Waals surface area (Å²) in [5.41, 5.74) is 3.37. The highest BCUT2D eigenvalue weighted by molar-refractivity contribution is 6.46. The Morgan fingerprint density at radius 3 is 2.39 bits per heavy atom. The molecule has 1 aliphatic rings. The zero-order valence-electron chi connectivity index (χ0n) is 20.7. The normalized spacial score (nSPS) is 16.9. The molecule has 3 aromatic rings. The number of nitrogens with zero attached hydrogens (tertiary/aromatic N) is 1. The van der Waals surface area contributed by atoms with Crippen LogP contribution in [0.4, 0.5) is 4.39 Å². The summed E-state index contributed by atoms with van der Waals surface area (Å²) in [6.07, 6.45) is 0. The Bertz CT molecular complexity index is 1350. The molecule has 6 nitrogen and oxygen atoms in total. The average Bonchev–Trinajstić information content (AvgIpc) is 3.11. The number of likely N-dealkylation sites (tertiary alicyclic amines) is 1. The van der Waals surface area contributed by atoms with Crippen molar-refractivity contribution in [2.75, 3.05) is 13.7 Å². The van der Waals surface area contributed by atoms with Crippen LogP contribution in [-0.2, 0) is 16.1 Å². The number of hydrogen-bond acceptors (Lipinski definition) is 5. The predicted molar refractivity (Wildman–Crippen MR) is 134 cm³/mol. The molecule has 0 radical (unpaired) electrons. The highest BCUT2D eigenvalue weighted by Gasteiger charge is 2.46. The summed E-state index contributed by atoms with van der Waals surface area (Å²) in [7, 11) is 1.53. The molecule has 0 spiro atoms. The Kier molecular flexibility index (Phi) is 7.10. The minimum Gasteiger partial charge on any atom is -0.507 e. The highest BCUT2D eigenvalue weighted by Crippen LogP contribution is 2.43. The van der Waals surface area contributed by atoms with Gasteiger partial charge in [0.25, 0.3) is 11.7 Å². The number of ether oxygens (including phenoxy) is 2. The number of aliphatic hydroxyl groups excluding tert-OH is 1. The van der Waals surface area contributed by atoms with Crippen LogP contribution in [0, 0.1) is 19.7 Å². The van der Waals surface area contributed by atoms with Gasteiger partial charge in [-0.05, 0) is 67.8 Å². The molecular formula is C29H28FNO5. The molecule has 0 bridgehead atoms. The molecule has 3 aromatic carbocycles. The van der Waals surface area contributed by atoms with Crippen LogP contribution in [0.5, 0.6) is 11.5 Å². The van der Waals surface area contributed by atoms with Crippen LogP contribution in [0.2, 0.25) is 0 Å². The monoisotopic (exact) mass is 489 g/mol. The molecule has 1 amide bonds. The van der Waals surface area contributed by atoms with E-state index in [9.17, 15) is 19.1 Å². The van der Waals surface area contributed by atoms with Crippen molar-refractivity contribution >= 4 is 17.4 Å². The van der Waals surface area contributed by atoms with Gasteiger partial charge in [-0.3, -0.25) is 9.59 Å². The predicted octanol–water partition coefficient (Wildman–Crippen LogP) is 5.47. The Hall–Kier alpha value is -4.13. The summed E-state index contributed by atoms with van der Waals surface area (Å²) in [6, 6.07) is 15.6. The standard InChI is InChI=1S/C29H28FNO5/c1-5-36-24-15-20(10-13-23(24)35-4)26-25(27(32)22-14-17(2)6-7-18(22)3)28(33)29(34)31(26)16-19-8-11-21(30)12-9-19/h6-15,26,32H,5,16H2,1-4H3/b27-25+. The molecule has 7 heteroatoms. The van der Waals surface area contributed by atoms with E-state index < -0.39 is 23.5 Å². The first-order valence-corrected chi connectivity index (χ1v) is 11.7. The number of hydrogen-bond donors (Lipinski definition) is 1. The molecular weight excluding hydrogens is 461 g/mol. The second-order valence-electron chi connectivity index (χ2n) is 8.72. The van der Waals surface area contributed by atoms with Gasteiger partial charge in [-0.2, -0.15) is 0 Å². The third-order valence-corrected chi connectivity index (χ3v) is 6.26. The lowest BCUT2D eigenvalue weighted by molar-refractivity contribution is -0.140. The molecule has 0 aliphatic carbocycles. The number of halogens is 1. The molecule has 0 saturated carbocycles. The molecule has 1 atom stereocenters. The molecule has 1 heterocycles. The van der Waals surface area contributed by atoms with Crippen molar-refractivity contribution < 1.29 is 28.6 Å². The van der Waals surface area contributed by atoms with Gasteiger partial charge < -0.3 is 19.5 Å². The van der Waals surface area contributed by atoms with Gasteiger partial charge in [0.2, 0.25) is 0 Å². The summed E-state index contributed by atoms with van der Waals surface area (Å²) in [5.74, 6) is -1.21. The van der Waals surface area contributed by atoms with Crippen LogP contribution in [0.1, 0.15) is 40.8 Å². The number of carbonyl (C=O) groups is 2. The molecule has 186 valence electrons. The third-order valence-electron chi connectivity index (χ3n) is 6.26. The zero-order chi connectivity index (χ0) is 26.0. The maximum atomic E-state index is 13.5. The second-order valence-corrected chi connectivity index (χ2v) is 8.72. The first kappa shape index (κ1) is 25.0. The Morgan fingerprint density at radius 1 is 1.00 bits per heavy atom. The van der Waals surface area contributed by atoms with Gasteiger partial charge in [0.1, 0.15) is 11.6 Å². The lowest BCUT2D eigenvalue weighted by Crippen LogP contribution is -2.29. The van der Waals surface area contributed by atoms with Crippen LogP contribution in [0.3, 0.4) is 0 Å². The van der Waals surface area contributed by atoms with E-state index >= 15 is 0 Å². The zero-order valence-corrected chi connectivity index (χ0v) is 20.7. The lowest BCUT2D eigenvalue weighted by atomic mass is 9.93. The Balaban J connectivity index is 1.92. The van der Waals surface area contributed by atoms with E-state index in [0.29, 0.717) is 34.8 Å².